The van der Waals surface area contributed by atoms with E-state index in [0.717, 1.165) is 0 Å². The Morgan fingerprint density at radius 1 is 1.10 bits per heavy atom. The van der Waals surface area contributed by atoms with E-state index in [2.05, 4.69) is 55.9 Å². The van der Waals surface area contributed by atoms with Crippen LogP contribution in [0.3, 0.4) is 0 Å². The minimum atomic E-state index is -1.05. The second kappa shape index (κ2) is 4.30. The van der Waals surface area contributed by atoms with Gasteiger partial charge in [-0.15, -0.1) is 0 Å². The second-order valence-electron chi connectivity index (χ2n) is 1.68. The van der Waals surface area contributed by atoms with Gasteiger partial charge in [-0.25, -0.2) is 0 Å². The first-order valence-electron chi connectivity index (χ1n) is 2.58. The molecule has 1 aromatic carbocycles. The third kappa shape index (κ3) is 2.37. The van der Waals surface area contributed by atoms with Gasteiger partial charge in [0, 0.05) is 0 Å². The van der Waals surface area contributed by atoms with Crippen LogP contribution in [0, 0.1) is 0 Å². The molecule has 0 aromatic heterocycles. The van der Waals surface area contributed by atoms with Crippen LogP contribution in [0.1, 0.15) is 0 Å². The second-order valence-corrected chi connectivity index (χ2v) is 16.8. The molecule has 0 radical (unpaired) electrons. The van der Waals surface area contributed by atoms with Gasteiger partial charge in [0.1, 0.15) is 0 Å². The van der Waals surface area contributed by atoms with E-state index in [1.807, 2.05) is 12.1 Å². The predicted octanol–water partition coefficient (Wildman–Crippen LogP) is 2.93. The van der Waals surface area contributed by atoms with Gasteiger partial charge < -0.3 is 0 Å². The fourth-order valence-electron chi connectivity index (χ4n) is 0.589. The summed E-state index contributed by atoms with van der Waals surface area (Å²) in [6, 6.07) is 8.24. The Hall–Kier alpha value is 1.22. The Morgan fingerprint density at radius 3 is 2.10 bits per heavy atom. The molecule has 0 saturated carbocycles. The van der Waals surface area contributed by atoms with Gasteiger partial charge in [0.15, 0.2) is 0 Å². The average molecular weight is 391 g/mol. The van der Waals surface area contributed by atoms with Gasteiger partial charge in [0.25, 0.3) is 0 Å². The SMILES string of the molecule is Brc1ccccc1[As](Br)Br. The van der Waals surface area contributed by atoms with Crippen molar-refractivity contribution in [1.82, 2.24) is 0 Å². The fraction of sp³-hybridized carbons (Fsp3) is 0. The van der Waals surface area contributed by atoms with Crippen LogP contribution in [0.15, 0.2) is 28.7 Å². The zero-order chi connectivity index (χ0) is 7.56. The number of halogens is 3. The average Bonchev–Trinajstić information content (AvgIpc) is 1.88. The number of rotatable bonds is 1. The molecule has 0 nitrogen and oxygen atoms in total. The summed E-state index contributed by atoms with van der Waals surface area (Å²) < 4.78 is 2.54. The van der Waals surface area contributed by atoms with Crippen molar-refractivity contribution in [3.8, 4) is 0 Å². The van der Waals surface area contributed by atoms with Crippen LogP contribution in [0.5, 0.6) is 0 Å². The van der Waals surface area contributed by atoms with E-state index in [0.29, 0.717) is 0 Å². The van der Waals surface area contributed by atoms with E-state index in [1.54, 1.807) is 0 Å². The molecule has 0 N–H and O–H groups in total. The third-order valence-electron chi connectivity index (χ3n) is 1.03. The van der Waals surface area contributed by atoms with Crippen LogP contribution in [0.25, 0.3) is 0 Å². The molecule has 4 heteroatoms. The van der Waals surface area contributed by atoms with Crippen molar-refractivity contribution in [2.24, 2.45) is 0 Å². The van der Waals surface area contributed by atoms with Crippen molar-refractivity contribution in [2.45, 2.75) is 0 Å². The van der Waals surface area contributed by atoms with Gasteiger partial charge in [-0.05, 0) is 0 Å². The van der Waals surface area contributed by atoms with Crippen LogP contribution in [-0.4, -0.2) is 10.9 Å². The maximum atomic E-state index is 3.57. The van der Waals surface area contributed by atoms with E-state index in [-0.39, 0.29) is 0 Å². The van der Waals surface area contributed by atoms with E-state index in [9.17, 15) is 0 Å². The van der Waals surface area contributed by atoms with Crippen LogP contribution in [0.2, 0.25) is 0 Å². The van der Waals surface area contributed by atoms with Gasteiger partial charge >= 0.3 is 87.8 Å². The van der Waals surface area contributed by atoms with Crippen LogP contribution in [0.4, 0.5) is 0 Å². The molecule has 0 amide bonds. The summed E-state index contributed by atoms with van der Waals surface area (Å²) in [4.78, 5) is 0. The Morgan fingerprint density at radius 2 is 1.70 bits per heavy atom. The van der Waals surface area contributed by atoms with Crippen molar-refractivity contribution in [2.75, 3.05) is 0 Å². The molecule has 0 bridgehead atoms. The molecule has 0 spiro atoms. The summed E-state index contributed by atoms with van der Waals surface area (Å²) in [6.07, 6.45) is 0. The molecule has 1 rings (SSSR count). The Kier molecular flexibility index (Phi) is 4.00. The third-order valence-corrected chi connectivity index (χ3v) is 7.94. The molecule has 0 aliphatic carbocycles. The molecule has 10 heavy (non-hydrogen) atoms. The standard InChI is InChI=1S/C6H4AsBr3/c8-6-4-2-1-3-5(6)7(9)10/h1-4H. The quantitative estimate of drug-likeness (QED) is 0.647. The molecule has 0 atom stereocenters. The summed E-state index contributed by atoms with van der Waals surface area (Å²) >= 11 is 10.6. The summed E-state index contributed by atoms with van der Waals surface area (Å²) in [5, 5.41) is 0. The normalized spacial score (nSPS) is 10.4. The van der Waals surface area contributed by atoms with Gasteiger partial charge in [-0.1, -0.05) is 0 Å². The van der Waals surface area contributed by atoms with Crippen LogP contribution in [-0.2, 0) is 0 Å². The van der Waals surface area contributed by atoms with E-state index >= 15 is 0 Å². The molecule has 54 valence electrons. The number of hydrogen-bond donors (Lipinski definition) is 0. The van der Waals surface area contributed by atoms with E-state index in [4.69, 9.17) is 0 Å². The molecular formula is C6H4AsBr3. The molecule has 0 aliphatic heterocycles. The van der Waals surface area contributed by atoms with Crippen molar-refractivity contribution >= 4 is 59.1 Å². The van der Waals surface area contributed by atoms with Crippen molar-refractivity contribution in [3.63, 3.8) is 0 Å². The first-order chi connectivity index (χ1) is 4.72. The summed E-state index contributed by atoms with van der Waals surface area (Å²) in [5.41, 5.74) is 0. The van der Waals surface area contributed by atoms with Crippen LogP contribution < -0.4 is 4.35 Å². The first-order valence-corrected chi connectivity index (χ1v) is 13.1. The zero-order valence-electron chi connectivity index (χ0n) is 4.89. The first kappa shape index (κ1) is 9.31. The Labute approximate surface area is 86.9 Å². The zero-order valence-corrected chi connectivity index (χ0v) is 11.5. The van der Waals surface area contributed by atoms with Crippen molar-refractivity contribution in [1.29, 1.82) is 0 Å². The predicted molar refractivity (Wildman–Crippen MR) is 57.4 cm³/mol. The van der Waals surface area contributed by atoms with Crippen LogP contribution >= 0.6 is 43.8 Å². The molecular weight excluding hydrogens is 387 g/mol. The van der Waals surface area contributed by atoms with Gasteiger partial charge in [0.05, 0.1) is 0 Å². The molecule has 0 aliphatic rings. The van der Waals surface area contributed by atoms with Crippen molar-refractivity contribution < 1.29 is 0 Å². The van der Waals surface area contributed by atoms with E-state index in [1.165, 1.54) is 8.82 Å². The molecule has 0 heterocycles. The number of hydrogen-bond acceptors (Lipinski definition) is 0. The van der Waals surface area contributed by atoms with Gasteiger partial charge in [0.2, 0.25) is 0 Å². The maximum absolute atomic E-state index is 3.57. The minimum absolute atomic E-state index is 1.05. The Balaban J connectivity index is 3.03. The molecule has 0 unspecified atom stereocenters. The van der Waals surface area contributed by atoms with Gasteiger partial charge in [-0.3, -0.25) is 0 Å². The summed E-state index contributed by atoms with van der Waals surface area (Å²) in [6.45, 7) is 0. The van der Waals surface area contributed by atoms with Gasteiger partial charge in [-0.2, -0.15) is 0 Å². The Bertz CT molecular complexity index is 224. The summed E-state index contributed by atoms with van der Waals surface area (Å²) in [7, 11) is -1.05. The number of benzene rings is 1. The molecule has 1 aromatic rings. The summed E-state index contributed by atoms with van der Waals surface area (Å²) in [5.74, 6) is 0. The monoisotopic (exact) mass is 388 g/mol. The fourth-order valence-corrected chi connectivity index (χ4v) is 8.39. The van der Waals surface area contributed by atoms with E-state index < -0.39 is 10.9 Å². The topological polar surface area (TPSA) is 0 Å². The molecule has 0 fully saturated rings. The molecule has 0 saturated heterocycles. The van der Waals surface area contributed by atoms with Crippen molar-refractivity contribution in [3.05, 3.63) is 28.7 Å².